The van der Waals surface area contributed by atoms with E-state index in [-0.39, 0.29) is 12.8 Å². The summed E-state index contributed by atoms with van der Waals surface area (Å²) in [5.74, 6) is -2.07. The Labute approximate surface area is 138 Å². The SMILES string of the molecule is N#Cc1ccccc1C[C@H](NC(=O)Cc1ccc(F)cc1)C(=O)O. The number of amides is 1. The Balaban J connectivity index is 2.05. The molecule has 24 heavy (non-hydrogen) atoms. The summed E-state index contributed by atoms with van der Waals surface area (Å²) >= 11 is 0. The molecule has 6 heteroatoms. The topological polar surface area (TPSA) is 90.2 Å². The van der Waals surface area contributed by atoms with Crippen LogP contribution in [0.5, 0.6) is 0 Å². The molecule has 2 aromatic rings. The molecule has 0 bridgehead atoms. The second-order valence-electron chi connectivity index (χ2n) is 5.23. The number of carboxylic acid groups (broad SMARTS) is 1. The van der Waals surface area contributed by atoms with Crippen LogP contribution < -0.4 is 5.32 Å². The first kappa shape index (κ1) is 17.2. The van der Waals surface area contributed by atoms with Crippen LogP contribution in [-0.4, -0.2) is 23.0 Å². The van der Waals surface area contributed by atoms with Gasteiger partial charge in [0.15, 0.2) is 0 Å². The maximum atomic E-state index is 12.8. The van der Waals surface area contributed by atoms with Crippen molar-refractivity contribution in [3.05, 3.63) is 71.0 Å². The van der Waals surface area contributed by atoms with Crippen LogP contribution in [0.25, 0.3) is 0 Å². The molecule has 0 fully saturated rings. The lowest BCUT2D eigenvalue weighted by molar-refractivity contribution is -0.141. The molecule has 0 aliphatic rings. The molecular formula is C18H15FN2O3. The van der Waals surface area contributed by atoms with Crippen LogP contribution in [0.15, 0.2) is 48.5 Å². The highest BCUT2D eigenvalue weighted by Gasteiger charge is 2.21. The van der Waals surface area contributed by atoms with E-state index in [1.165, 1.54) is 24.3 Å². The molecular weight excluding hydrogens is 311 g/mol. The van der Waals surface area contributed by atoms with Crippen LogP contribution in [0, 0.1) is 17.1 Å². The van der Waals surface area contributed by atoms with E-state index in [0.29, 0.717) is 16.7 Å². The van der Waals surface area contributed by atoms with E-state index < -0.39 is 23.7 Å². The second kappa shape index (κ2) is 7.88. The number of aliphatic carboxylic acids is 1. The quantitative estimate of drug-likeness (QED) is 0.850. The molecule has 0 heterocycles. The van der Waals surface area contributed by atoms with Crippen molar-refractivity contribution in [2.75, 3.05) is 0 Å². The predicted octanol–water partition coefficient (Wildman–Crippen LogP) is 2.05. The summed E-state index contributed by atoms with van der Waals surface area (Å²) in [5, 5.41) is 20.8. The van der Waals surface area contributed by atoms with E-state index in [1.54, 1.807) is 24.3 Å². The lowest BCUT2D eigenvalue weighted by Crippen LogP contribution is -2.43. The first-order valence-corrected chi connectivity index (χ1v) is 7.24. The van der Waals surface area contributed by atoms with Crippen molar-refractivity contribution in [1.29, 1.82) is 5.26 Å². The second-order valence-corrected chi connectivity index (χ2v) is 5.23. The summed E-state index contributed by atoms with van der Waals surface area (Å²) in [7, 11) is 0. The fraction of sp³-hybridized carbons (Fsp3) is 0.167. The number of carbonyl (C=O) groups excluding carboxylic acids is 1. The molecule has 0 radical (unpaired) electrons. The Morgan fingerprint density at radius 2 is 1.83 bits per heavy atom. The first-order chi connectivity index (χ1) is 11.5. The predicted molar refractivity (Wildman–Crippen MR) is 84.5 cm³/mol. The summed E-state index contributed by atoms with van der Waals surface area (Å²) in [5.41, 5.74) is 1.50. The number of halogens is 1. The molecule has 122 valence electrons. The van der Waals surface area contributed by atoms with Crippen molar-refractivity contribution in [1.82, 2.24) is 5.32 Å². The van der Waals surface area contributed by atoms with E-state index >= 15 is 0 Å². The largest absolute Gasteiger partial charge is 0.480 e. The van der Waals surface area contributed by atoms with Crippen molar-refractivity contribution in [3.8, 4) is 6.07 Å². The fourth-order valence-corrected chi connectivity index (χ4v) is 2.26. The Morgan fingerprint density at radius 1 is 1.17 bits per heavy atom. The minimum atomic E-state index is -1.19. The number of carboxylic acids is 1. The molecule has 0 unspecified atom stereocenters. The van der Waals surface area contributed by atoms with Gasteiger partial charge in [-0.2, -0.15) is 5.26 Å². The van der Waals surface area contributed by atoms with Gasteiger partial charge in [0, 0.05) is 6.42 Å². The van der Waals surface area contributed by atoms with Crippen LogP contribution in [0.4, 0.5) is 4.39 Å². The zero-order valence-corrected chi connectivity index (χ0v) is 12.7. The summed E-state index contributed by atoms with van der Waals surface area (Å²) < 4.78 is 12.8. The Bertz CT molecular complexity index is 782. The number of rotatable bonds is 6. The number of nitrogens with zero attached hydrogens (tertiary/aromatic N) is 1. The van der Waals surface area contributed by atoms with Gasteiger partial charge in [-0.05, 0) is 29.3 Å². The van der Waals surface area contributed by atoms with E-state index in [1.807, 2.05) is 6.07 Å². The lowest BCUT2D eigenvalue weighted by Gasteiger charge is -2.15. The van der Waals surface area contributed by atoms with Crippen LogP contribution in [0.2, 0.25) is 0 Å². The van der Waals surface area contributed by atoms with Gasteiger partial charge in [0.05, 0.1) is 18.1 Å². The maximum absolute atomic E-state index is 12.8. The third kappa shape index (κ3) is 4.65. The molecule has 5 nitrogen and oxygen atoms in total. The normalized spacial score (nSPS) is 11.3. The minimum absolute atomic E-state index is 0.00816. The van der Waals surface area contributed by atoms with Crippen LogP contribution in [0.1, 0.15) is 16.7 Å². The average Bonchev–Trinajstić information content (AvgIpc) is 2.56. The highest BCUT2D eigenvalue weighted by molar-refractivity contribution is 5.85. The Kier molecular flexibility index (Phi) is 5.63. The summed E-state index contributed by atoms with van der Waals surface area (Å²) in [6.45, 7) is 0. The van der Waals surface area contributed by atoms with Crippen LogP contribution in [0.3, 0.4) is 0 Å². The van der Waals surface area contributed by atoms with Gasteiger partial charge in [0.1, 0.15) is 11.9 Å². The number of nitriles is 1. The zero-order valence-electron chi connectivity index (χ0n) is 12.7. The van der Waals surface area contributed by atoms with Gasteiger partial charge >= 0.3 is 5.97 Å². The van der Waals surface area contributed by atoms with Crippen LogP contribution in [-0.2, 0) is 22.4 Å². The van der Waals surface area contributed by atoms with Crippen molar-refractivity contribution in [2.24, 2.45) is 0 Å². The van der Waals surface area contributed by atoms with Gasteiger partial charge in [-0.3, -0.25) is 4.79 Å². The molecule has 0 saturated carbocycles. The fourth-order valence-electron chi connectivity index (χ4n) is 2.26. The molecule has 1 amide bonds. The first-order valence-electron chi connectivity index (χ1n) is 7.24. The highest BCUT2D eigenvalue weighted by atomic mass is 19.1. The minimum Gasteiger partial charge on any atom is -0.480 e. The smallest absolute Gasteiger partial charge is 0.326 e. The van der Waals surface area contributed by atoms with E-state index in [9.17, 15) is 19.1 Å². The molecule has 2 aromatic carbocycles. The van der Waals surface area contributed by atoms with Crippen LogP contribution >= 0.6 is 0 Å². The van der Waals surface area contributed by atoms with E-state index in [2.05, 4.69) is 5.32 Å². The van der Waals surface area contributed by atoms with Crippen molar-refractivity contribution in [3.63, 3.8) is 0 Å². The third-order valence-corrected chi connectivity index (χ3v) is 3.47. The summed E-state index contributed by atoms with van der Waals surface area (Å²) in [6, 6.07) is 12.9. The van der Waals surface area contributed by atoms with Gasteiger partial charge in [0.25, 0.3) is 0 Å². The van der Waals surface area contributed by atoms with E-state index in [0.717, 1.165) is 0 Å². The molecule has 0 aromatic heterocycles. The van der Waals surface area contributed by atoms with Gasteiger partial charge < -0.3 is 10.4 Å². The van der Waals surface area contributed by atoms with Gasteiger partial charge in [-0.25, -0.2) is 9.18 Å². The number of carbonyl (C=O) groups is 2. The molecule has 0 aliphatic heterocycles. The highest BCUT2D eigenvalue weighted by Crippen LogP contribution is 2.11. The summed E-state index contributed by atoms with van der Waals surface area (Å²) in [4.78, 5) is 23.4. The molecule has 1 atom stereocenters. The molecule has 0 saturated heterocycles. The number of hydrogen-bond donors (Lipinski definition) is 2. The third-order valence-electron chi connectivity index (χ3n) is 3.47. The monoisotopic (exact) mass is 326 g/mol. The van der Waals surface area contributed by atoms with Crippen molar-refractivity contribution >= 4 is 11.9 Å². The number of benzene rings is 2. The molecule has 0 aliphatic carbocycles. The molecule has 0 spiro atoms. The van der Waals surface area contributed by atoms with Gasteiger partial charge in [-0.15, -0.1) is 0 Å². The Hall–Kier alpha value is -3.20. The summed E-state index contributed by atoms with van der Waals surface area (Å²) in [6.07, 6.45) is -0.0435. The number of hydrogen-bond acceptors (Lipinski definition) is 3. The van der Waals surface area contributed by atoms with Crippen molar-refractivity contribution in [2.45, 2.75) is 18.9 Å². The Morgan fingerprint density at radius 3 is 2.46 bits per heavy atom. The van der Waals surface area contributed by atoms with Gasteiger partial charge in [0.2, 0.25) is 5.91 Å². The zero-order chi connectivity index (χ0) is 17.5. The number of nitrogens with one attached hydrogen (secondary N) is 1. The maximum Gasteiger partial charge on any atom is 0.326 e. The average molecular weight is 326 g/mol. The lowest BCUT2D eigenvalue weighted by atomic mass is 10.0. The van der Waals surface area contributed by atoms with Gasteiger partial charge in [-0.1, -0.05) is 30.3 Å². The molecule has 2 rings (SSSR count). The standard InChI is InChI=1S/C18H15FN2O3/c19-15-7-5-12(6-8-15)9-17(22)21-16(18(23)24)10-13-3-1-2-4-14(13)11-20/h1-8,16H,9-10H2,(H,21,22)(H,23,24)/t16-/m0/s1. The van der Waals surface area contributed by atoms with Crippen molar-refractivity contribution < 1.29 is 19.1 Å². The van der Waals surface area contributed by atoms with E-state index in [4.69, 9.17) is 5.26 Å². The molecule has 2 N–H and O–H groups in total.